The Morgan fingerprint density at radius 3 is 2.33 bits per heavy atom. The first-order chi connectivity index (χ1) is 10.2. The van der Waals surface area contributed by atoms with Crippen LogP contribution < -0.4 is 0 Å². The summed E-state index contributed by atoms with van der Waals surface area (Å²) in [7, 11) is 0. The normalized spacial score (nSPS) is 12.9. The SMILES string of the molecule is C=C(O)CCCCCCC/C=C\C[C@H](O)CCCCCC. The van der Waals surface area contributed by atoms with Gasteiger partial charge in [0.05, 0.1) is 11.9 Å². The molecule has 0 bridgehead atoms. The maximum absolute atomic E-state index is 9.81. The van der Waals surface area contributed by atoms with E-state index in [-0.39, 0.29) is 6.10 Å². The van der Waals surface area contributed by atoms with E-state index in [1.165, 1.54) is 44.9 Å². The van der Waals surface area contributed by atoms with Crippen molar-refractivity contribution in [3.05, 3.63) is 24.5 Å². The summed E-state index contributed by atoms with van der Waals surface area (Å²) in [6, 6.07) is 0. The van der Waals surface area contributed by atoms with Gasteiger partial charge in [0.25, 0.3) is 0 Å². The lowest BCUT2D eigenvalue weighted by atomic mass is 10.1. The van der Waals surface area contributed by atoms with E-state index in [0.717, 1.165) is 38.5 Å². The molecule has 0 unspecified atom stereocenters. The molecule has 1 atom stereocenters. The second-order valence-electron chi connectivity index (χ2n) is 6.08. The fourth-order valence-electron chi connectivity index (χ4n) is 2.42. The highest BCUT2D eigenvalue weighted by atomic mass is 16.3. The summed E-state index contributed by atoms with van der Waals surface area (Å²) in [6.07, 6.45) is 18.7. The van der Waals surface area contributed by atoms with Crippen molar-refractivity contribution in [3.63, 3.8) is 0 Å². The van der Waals surface area contributed by atoms with Crippen LogP contribution in [0.3, 0.4) is 0 Å². The van der Waals surface area contributed by atoms with Gasteiger partial charge in [-0.3, -0.25) is 0 Å². The van der Waals surface area contributed by atoms with E-state index in [0.29, 0.717) is 5.76 Å². The van der Waals surface area contributed by atoms with Gasteiger partial charge in [-0.1, -0.05) is 70.6 Å². The molecule has 2 N–H and O–H groups in total. The summed E-state index contributed by atoms with van der Waals surface area (Å²) < 4.78 is 0. The second kappa shape index (κ2) is 15.6. The molecule has 0 aliphatic carbocycles. The molecule has 0 amide bonds. The molecule has 2 nitrogen and oxygen atoms in total. The average Bonchev–Trinajstić information content (AvgIpc) is 2.45. The topological polar surface area (TPSA) is 40.5 Å². The minimum atomic E-state index is -0.148. The van der Waals surface area contributed by atoms with Crippen molar-refractivity contribution in [3.8, 4) is 0 Å². The zero-order valence-corrected chi connectivity index (χ0v) is 14.0. The molecule has 0 saturated carbocycles. The smallest absolute Gasteiger partial charge is 0.0851 e. The van der Waals surface area contributed by atoms with Crippen LogP contribution in [0.1, 0.15) is 90.4 Å². The van der Waals surface area contributed by atoms with Crippen molar-refractivity contribution in [1.29, 1.82) is 0 Å². The molecule has 0 radical (unpaired) electrons. The summed E-state index contributed by atoms with van der Waals surface area (Å²) in [5.41, 5.74) is 0. The van der Waals surface area contributed by atoms with Crippen LogP contribution in [-0.2, 0) is 0 Å². The van der Waals surface area contributed by atoms with E-state index in [4.69, 9.17) is 5.11 Å². The van der Waals surface area contributed by atoms with Crippen LogP contribution >= 0.6 is 0 Å². The molecule has 0 spiro atoms. The Morgan fingerprint density at radius 2 is 1.62 bits per heavy atom. The standard InChI is InChI=1S/C19H36O2/c1-3-4-5-13-16-19(21)17-14-11-9-7-6-8-10-12-15-18(2)20/h11,14,19-21H,2-10,12-13,15-17H2,1H3/b14-11-/t19-/m1/s1. The molecule has 0 heterocycles. The number of allylic oxidation sites excluding steroid dienone is 2. The maximum atomic E-state index is 9.81. The molecule has 0 saturated heterocycles. The highest BCUT2D eigenvalue weighted by Gasteiger charge is 2.00. The Bertz CT molecular complexity index is 258. The van der Waals surface area contributed by atoms with E-state index >= 15 is 0 Å². The van der Waals surface area contributed by atoms with Crippen LogP contribution in [0.15, 0.2) is 24.5 Å². The van der Waals surface area contributed by atoms with Crippen LogP contribution in [0.4, 0.5) is 0 Å². The number of hydrogen-bond donors (Lipinski definition) is 2. The van der Waals surface area contributed by atoms with Gasteiger partial charge in [0, 0.05) is 6.42 Å². The number of rotatable bonds is 15. The first kappa shape index (κ1) is 20.2. The Balaban J connectivity index is 3.26. The van der Waals surface area contributed by atoms with E-state index in [1.807, 2.05) is 0 Å². The summed E-state index contributed by atoms with van der Waals surface area (Å²) in [4.78, 5) is 0. The second-order valence-corrected chi connectivity index (χ2v) is 6.08. The predicted octanol–water partition coefficient (Wildman–Crippen LogP) is 6.07. The Kier molecular flexibility index (Phi) is 15.1. The van der Waals surface area contributed by atoms with Gasteiger partial charge in [0.2, 0.25) is 0 Å². The van der Waals surface area contributed by atoms with Crippen molar-refractivity contribution in [2.24, 2.45) is 0 Å². The lowest BCUT2D eigenvalue weighted by molar-refractivity contribution is 0.163. The van der Waals surface area contributed by atoms with Gasteiger partial charge in [0.15, 0.2) is 0 Å². The van der Waals surface area contributed by atoms with Crippen molar-refractivity contribution < 1.29 is 10.2 Å². The zero-order chi connectivity index (χ0) is 15.8. The van der Waals surface area contributed by atoms with Crippen molar-refractivity contribution in [2.45, 2.75) is 96.5 Å². The molecule has 0 aliphatic heterocycles. The summed E-state index contributed by atoms with van der Waals surface area (Å²) in [5.74, 6) is 0.311. The predicted molar refractivity (Wildman–Crippen MR) is 92.6 cm³/mol. The largest absolute Gasteiger partial charge is 0.513 e. The Hall–Kier alpha value is -0.760. The maximum Gasteiger partial charge on any atom is 0.0851 e. The highest BCUT2D eigenvalue weighted by Crippen LogP contribution is 2.11. The highest BCUT2D eigenvalue weighted by molar-refractivity contribution is 4.84. The van der Waals surface area contributed by atoms with Crippen LogP contribution in [-0.4, -0.2) is 16.3 Å². The fraction of sp³-hybridized carbons (Fsp3) is 0.789. The van der Waals surface area contributed by atoms with Crippen LogP contribution in [0.25, 0.3) is 0 Å². The summed E-state index contributed by atoms with van der Waals surface area (Å²) >= 11 is 0. The third-order valence-corrected chi connectivity index (χ3v) is 3.80. The minimum absolute atomic E-state index is 0.148. The van der Waals surface area contributed by atoms with Crippen LogP contribution in [0.2, 0.25) is 0 Å². The lowest BCUT2D eigenvalue weighted by Crippen LogP contribution is -2.04. The third kappa shape index (κ3) is 17.2. The molecule has 0 aromatic heterocycles. The molecule has 0 fully saturated rings. The molecule has 2 heteroatoms. The molecule has 0 aromatic carbocycles. The van der Waals surface area contributed by atoms with E-state index in [1.54, 1.807) is 0 Å². The molecule has 0 aliphatic rings. The van der Waals surface area contributed by atoms with Gasteiger partial charge >= 0.3 is 0 Å². The van der Waals surface area contributed by atoms with Crippen LogP contribution in [0, 0.1) is 0 Å². The van der Waals surface area contributed by atoms with Gasteiger partial charge in [-0.25, -0.2) is 0 Å². The van der Waals surface area contributed by atoms with Gasteiger partial charge in [0.1, 0.15) is 0 Å². The number of aliphatic hydroxyl groups is 2. The summed E-state index contributed by atoms with van der Waals surface area (Å²) in [5, 5.41) is 18.8. The van der Waals surface area contributed by atoms with Crippen LogP contribution in [0.5, 0.6) is 0 Å². The molecule has 0 aromatic rings. The zero-order valence-electron chi connectivity index (χ0n) is 14.0. The quantitative estimate of drug-likeness (QED) is 0.219. The lowest BCUT2D eigenvalue weighted by Gasteiger charge is -2.07. The molecule has 0 rings (SSSR count). The van der Waals surface area contributed by atoms with Gasteiger partial charge < -0.3 is 10.2 Å². The summed E-state index contributed by atoms with van der Waals surface area (Å²) in [6.45, 7) is 5.70. The van der Waals surface area contributed by atoms with E-state index < -0.39 is 0 Å². The number of hydrogen-bond acceptors (Lipinski definition) is 2. The fourth-order valence-corrected chi connectivity index (χ4v) is 2.42. The molecular formula is C19H36O2. The number of unbranched alkanes of at least 4 members (excludes halogenated alkanes) is 8. The Morgan fingerprint density at radius 1 is 0.952 bits per heavy atom. The first-order valence-electron chi connectivity index (χ1n) is 8.86. The first-order valence-corrected chi connectivity index (χ1v) is 8.86. The van der Waals surface area contributed by atoms with E-state index in [9.17, 15) is 5.11 Å². The van der Waals surface area contributed by atoms with Gasteiger partial charge in [-0.15, -0.1) is 0 Å². The van der Waals surface area contributed by atoms with Crippen molar-refractivity contribution in [1.82, 2.24) is 0 Å². The van der Waals surface area contributed by atoms with Crippen molar-refractivity contribution >= 4 is 0 Å². The van der Waals surface area contributed by atoms with Crippen molar-refractivity contribution in [2.75, 3.05) is 0 Å². The third-order valence-electron chi connectivity index (χ3n) is 3.80. The minimum Gasteiger partial charge on any atom is -0.513 e. The van der Waals surface area contributed by atoms with Gasteiger partial charge in [-0.05, 0) is 32.1 Å². The molecule has 124 valence electrons. The monoisotopic (exact) mass is 296 g/mol. The average molecular weight is 296 g/mol. The van der Waals surface area contributed by atoms with Gasteiger partial charge in [-0.2, -0.15) is 0 Å². The molecule has 21 heavy (non-hydrogen) atoms. The number of aliphatic hydroxyl groups excluding tert-OH is 2. The molecular weight excluding hydrogens is 260 g/mol. The van der Waals surface area contributed by atoms with E-state index in [2.05, 4.69) is 25.7 Å². The Labute approximate surface area is 132 Å².